The highest BCUT2D eigenvalue weighted by atomic mass is 79.9. The van der Waals surface area contributed by atoms with Crippen LogP contribution in [-0.2, 0) is 19.9 Å². The van der Waals surface area contributed by atoms with Crippen LogP contribution in [0.1, 0.15) is 51.4 Å². The van der Waals surface area contributed by atoms with Crippen LogP contribution < -0.4 is 5.32 Å². The fourth-order valence-corrected chi connectivity index (χ4v) is 4.31. The second-order valence-electron chi connectivity index (χ2n) is 6.23. The highest BCUT2D eigenvalue weighted by Crippen LogP contribution is 2.34. The monoisotopic (exact) mass is 341 g/mol. The summed E-state index contributed by atoms with van der Waals surface area (Å²) in [7, 11) is 2.07. The molecule has 3 unspecified atom stereocenters. The van der Waals surface area contributed by atoms with Crippen LogP contribution in [0.2, 0.25) is 0 Å². The molecule has 4 heteroatoms. The van der Waals surface area contributed by atoms with Gasteiger partial charge in [0.25, 0.3) is 0 Å². The zero-order valence-electron chi connectivity index (χ0n) is 13.2. The highest BCUT2D eigenvalue weighted by molar-refractivity contribution is 9.10. The molecule has 0 aromatic carbocycles. The van der Waals surface area contributed by atoms with Gasteiger partial charge in [0.2, 0.25) is 0 Å². The van der Waals surface area contributed by atoms with Gasteiger partial charge in [-0.2, -0.15) is 5.10 Å². The van der Waals surface area contributed by atoms with Gasteiger partial charge in [-0.25, -0.2) is 0 Å². The maximum absolute atomic E-state index is 4.63. The molecule has 1 aromatic rings. The Balaban J connectivity index is 2.13. The predicted molar refractivity (Wildman–Crippen MR) is 88.0 cm³/mol. The molecule has 1 aliphatic rings. The summed E-state index contributed by atoms with van der Waals surface area (Å²) in [5.41, 5.74) is 2.52. The Hall–Kier alpha value is -0.350. The van der Waals surface area contributed by atoms with Crippen LogP contribution in [0.5, 0.6) is 0 Å². The fourth-order valence-electron chi connectivity index (χ4n) is 3.53. The largest absolute Gasteiger partial charge is 0.314 e. The first kappa shape index (κ1) is 16.0. The van der Waals surface area contributed by atoms with Crippen molar-refractivity contribution in [2.45, 2.75) is 58.9 Å². The Bertz CT molecular complexity index is 441. The predicted octanol–water partition coefficient (Wildman–Crippen LogP) is 3.70. The van der Waals surface area contributed by atoms with Crippen LogP contribution in [0, 0.1) is 11.8 Å². The third-order valence-electron chi connectivity index (χ3n) is 4.69. The van der Waals surface area contributed by atoms with Crippen LogP contribution in [0.25, 0.3) is 0 Å². The van der Waals surface area contributed by atoms with Gasteiger partial charge in [-0.15, -0.1) is 0 Å². The molecule has 3 nitrogen and oxygen atoms in total. The molecule has 1 N–H and O–H groups in total. The van der Waals surface area contributed by atoms with E-state index in [1.807, 2.05) is 0 Å². The third kappa shape index (κ3) is 3.45. The van der Waals surface area contributed by atoms with Gasteiger partial charge in [-0.1, -0.05) is 27.2 Å². The highest BCUT2D eigenvalue weighted by Gasteiger charge is 2.29. The van der Waals surface area contributed by atoms with E-state index < -0.39 is 0 Å². The Kier molecular flexibility index (Phi) is 5.67. The molecular formula is C16H28BrN3. The van der Waals surface area contributed by atoms with E-state index in [9.17, 15) is 0 Å². The molecule has 1 aliphatic carbocycles. The average Bonchev–Trinajstić information content (AvgIpc) is 2.96. The Morgan fingerprint density at radius 1 is 1.40 bits per heavy atom. The van der Waals surface area contributed by atoms with Gasteiger partial charge in [0.1, 0.15) is 0 Å². The maximum Gasteiger partial charge on any atom is 0.0766 e. The summed E-state index contributed by atoms with van der Waals surface area (Å²) < 4.78 is 3.28. The molecule has 20 heavy (non-hydrogen) atoms. The summed E-state index contributed by atoms with van der Waals surface area (Å²) in [5, 5.41) is 8.34. The molecule has 114 valence electrons. The molecule has 3 atom stereocenters. The number of nitrogens with one attached hydrogen (secondary N) is 1. The summed E-state index contributed by atoms with van der Waals surface area (Å²) in [6.45, 7) is 7.81. The summed E-state index contributed by atoms with van der Waals surface area (Å²) in [5.74, 6) is 1.71. The first-order valence-corrected chi connectivity index (χ1v) is 8.79. The second kappa shape index (κ2) is 7.08. The van der Waals surface area contributed by atoms with Crippen LogP contribution in [0.3, 0.4) is 0 Å². The summed E-state index contributed by atoms with van der Waals surface area (Å²) in [6, 6.07) is 0.585. The standard InChI is InChI=1S/C16H28BrN3/c1-5-13-16(17)15(20(4)19-13)10-14(18-6-2)12-8-7-11(3)9-12/h11-12,14,18H,5-10H2,1-4H3. The van der Waals surface area contributed by atoms with Crippen LogP contribution in [0.4, 0.5) is 0 Å². The van der Waals surface area contributed by atoms with E-state index in [0.29, 0.717) is 6.04 Å². The number of likely N-dealkylation sites (N-methyl/N-ethyl adjacent to an activating group) is 1. The van der Waals surface area contributed by atoms with Crippen molar-refractivity contribution < 1.29 is 0 Å². The van der Waals surface area contributed by atoms with Crippen molar-refractivity contribution in [3.05, 3.63) is 15.9 Å². The van der Waals surface area contributed by atoms with E-state index >= 15 is 0 Å². The Morgan fingerprint density at radius 2 is 2.15 bits per heavy atom. The minimum Gasteiger partial charge on any atom is -0.314 e. The lowest BCUT2D eigenvalue weighted by Crippen LogP contribution is -2.37. The van der Waals surface area contributed by atoms with E-state index in [1.165, 1.54) is 35.1 Å². The van der Waals surface area contributed by atoms with E-state index in [1.54, 1.807) is 0 Å². The normalized spacial score (nSPS) is 24.2. The molecule has 1 fully saturated rings. The molecule has 2 rings (SSSR count). The number of hydrogen-bond donors (Lipinski definition) is 1. The van der Waals surface area contributed by atoms with Gasteiger partial charge < -0.3 is 5.32 Å². The van der Waals surface area contributed by atoms with Crippen molar-refractivity contribution in [3.8, 4) is 0 Å². The fraction of sp³-hybridized carbons (Fsp3) is 0.812. The lowest BCUT2D eigenvalue weighted by molar-refractivity contribution is 0.348. The summed E-state index contributed by atoms with van der Waals surface area (Å²) >= 11 is 3.75. The number of rotatable bonds is 6. The van der Waals surface area contributed by atoms with Crippen LogP contribution in [-0.4, -0.2) is 22.4 Å². The molecule has 0 bridgehead atoms. The van der Waals surface area contributed by atoms with E-state index in [4.69, 9.17) is 0 Å². The van der Waals surface area contributed by atoms with Crippen molar-refractivity contribution in [3.63, 3.8) is 0 Å². The van der Waals surface area contributed by atoms with Gasteiger partial charge in [0.15, 0.2) is 0 Å². The molecular weight excluding hydrogens is 314 g/mol. The molecule has 1 saturated carbocycles. The maximum atomic E-state index is 4.63. The quantitative estimate of drug-likeness (QED) is 0.854. The van der Waals surface area contributed by atoms with Gasteiger partial charge in [-0.3, -0.25) is 4.68 Å². The summed E-state index contributed by atoms with van der Waals surface area (Å²) in [6.07, 6.45) is 6.19. The molecule has 1 aromatic heterocycles. The van der Waals surface area contributed by atoms with Crippen molar-refractivity contribution in [1.29, 1.82) is 0 Å². The van der Waals surface area contributed by atoms with Crippen molar-refractivity contribution in [2.75, 3.05) is 6.54 Å². The van der Waals surface area contributed by atoms with Crippen molar-refractivity contribution in [2.24, 2.45) is 18.9 Å². The van der Waals surface area contributed by atoms with E-state index in [-0.39, 0.29) is 0 Å². The zero-order valence-corrected chi connectivity index (χ0v) is 14.8. The van der Waals surface area contributed by atoms with Crippen molar-refractivity contribution >= 4 is 15.9 Å². The lowest BCUT2D eigenvalue weighted by Gasteiger charge is -2.25. The topological polar surface area (TPSA) is 29.9 Å². The molecule has 0 radical (unpaired) electrons. The first-order chi connectivity index (χ1) is 9.56. The summed E-state index contributed by atoms with van der Waals surface area (Å²) in [4.78, 5) is 0. The third-order valence-corrected chi connectivity index (χ3v) is 5.60. The Morgan fingerprint density at radius 3 is 2.65 bits per heavy atom. The van der Waals surface area contributed by atoms with E-state index in [0.717, 1.165) is 31.2 Å². The van der Waals surface area contributed by atoms with Crippen LogP contribution in [0.15, 0.2) is 4.47 Å². The number of aryl methyl sites for hydroxylation is 2. The van der Waals surface area contributed by atoms with E-state index in [2.05, 4.69) is 58.8 Å². The lowest BCUT2D eigenvalue weighted by atomic mass is 9.93. The minimum absolute atomic E-state index is 0.585. The molecule has 0 saturated heterocycles. The first-order valence-electron chi connectivity index (χ1n) is 8.00. The van der Waals surface area contributed by atoms with Gasteiger partial charge in [0, 0.05) is 19.5 Å². The van der Waals surface area contributed by atoms with Gasteiger partial charge in [0.05, 0.1) is 15.9 Å². The number of hydrogen-bond acceptors (Lipinski definition) is 2. The second-order valence-corrected chi connectivity index (χ2v) is 7.02. The number of aromatic nitrogens is 2. The SMILES string of the molecule is CCNC(Cc1c(Br)c(CC)nn1C)C1CCC(C)C1. The number of halogens is 1. The van der Waals surface area contributed by atoms with Gasteiger partial charge in [-0.05, 0) is 53.6 Å². The molecule has 0 spiro atoms. The molecule has 0 amide bonds. The van der Waals surface area contributed by atoms with Crippen LogP contribution >= 0.6 is 15.9 Å². The smallest absolute Gasteiger partial charge is 0.0766 e. The van der Waals surface area contributed by atoms with Gasteiger partial charge >= 0.3 is 0 Å². The Labute approximate surface area is 131 Å². The minimum atomic E-state index is 0.585. The van der Waals surface area contributed by atoms with Crippen molar-refractivity contribution in [1.82, 2.24) is 15.1 Å². The zero-order chi connectivity index (χ0) is 14.7. The average molecular weight is 342 g/mol. The molecule has 0 aliphatic heterocycles. The molecule has 1 heterocycles. The number of nitrogens with zero attached hydrogens (tertiary/aromatic N) is 2.